The number of nitrogens with zero attached hydrogens (tertiary/aromatic N) is 1. The molecule has 0 atom stereocenters. The molecule has 0 radical (unpaired) electrons. The number of carbonyl (C=O) groups excluding carboxylic acids is 2. The van der Waals surface area contributed by atoms with Crippen LogP contribution >= 0.6 is 0 Å². The first-order valence-electron chi connectivity index (χ1n) is 10.2. The summed E-state index contributed by atoms with van der Waals surface area (Å²) in [6.07, 6.45) is 2.52. The zero-order valence-electron chi connectivity index (χ0n) is 18.5. The maximum absolute atomic E-state index is 11.5. The summed E-state index contributed by atoms with van der Waals surface area (Å²) in [6, 6.07) is 0.233. The van der Waals surface area contributed by atoms with E-state index in [0.717, 1.165) is 51.9 Å². The number of ether oxygens (including phenoxy) is 2. The molecule has 1 saturated heterocycles. The van der Waals surface area contributed by atoms with Gasteiger partial charge < -0.3 is 31.2 Å². The Morgan fingerprint density at radius 1 is 1.04 bits per heavy atom. The van der Waals surface area contributed by atoms with Crippen molar-refractivity contribution in [2.75, 3.05) is 26.2 Å². The Balaban J connectivity index is 0.000000283. The summed E-state index contributed by atoms with van der Waals surface area (Å²) in [5.74, 6) is 0. The summed E-state index contributed by atoms with van der Waals surface area (Å²) in [5, 5.41) is 3.18. The Hall–Kier alpha value is -1.54. The van der Waals surface area contributed by atoms with Gasteiger partial charge in [0, 0.05) is 37.6 Å². The molecular weight excluding hydrogens is 360 g/mol. The van der Waals surface area contributed by atoms with Crippen LogP contribution < -0.4 is 16.8 Å². The van der Waals surface area contributed by atoms with E-state index in [2.05, 4.69) is 26.1 Å². The van der Waals surface area contributed by atoms with Crippen molar-refractivity contribution in [1.82, 2.24) is 10.2 Å². The van der Waals surface area contributed by atoms with Crippen LogP contribution in [0.1, 0.15) is 67.2 Å². The molecule has 1 aliphatic carbocycles. The lowest BCUT2D eigenvalue weighted by Gasteiger charge is -2.47. The molecule has 8 heteroatoms. The van der Waals surface area contributed by atoms with E-state index in [4.69, 9.17) is 20.9 Å². The third-order valence-electron chi connectivity index (χ3n) is 5.27. The summed E-state index contributed by atoms with van der Waals surface area (Å²) in [6.45, 7) is 15.1. The monoisotopic (exact) mass is 400 g/mol. The topological polar surface area (TPSA) is 120 Å². The molecule has 0 aromatic carbocycles. The van der Waals surface area contributed by atoms with Gasteiger partial charge in [0.15, 0.2) is 0 Å². The molecule has 164 valence electrons. The zero-order chi connectivity index (χ0) is 21.6. The smallest absolute Gasteiger partial charge is 0.410 e. The predicted molar refractivity (Wildman–Crippen MR) is 110 cm³/mol. The molecule has 28 heavy (non-hydrogen) atoms. The normalized spacial score (nSPS) is 26.0. The summed E-state index contributed by atoms with van der Waals surface area (Å²) >= 11 is 0. The van der Waals surface area contributed by atoms with Crippen molar-refractivity contribution in [3.05, 3.63) is 0 Å². The molecule has 2 amide bonds. The number of amides is 2. The number of piperazine rings is 1. The van der Waals surface area contributed by atoms with Crippen LogP contribution in [0.4, 0.5) is 9.59 Å². The minimum Gasteiger partial charge on any atom is -0.444 e. The SMILES string of the molecule is CC(C)(C)C1(OC(N)=O)CCC(N)CC1.CC(C)(C)OC(=O)N1CCNCC1. The van der Waals surface area contributed by atoms with Crippen molar-refractivity contribution >= 4 is 12.2 Å². The number of nitrogens with one attached hydrogen (secondary N) is 1. The van der Waals surface area contributed by atoms with Crippen LogP contribution in [-0.2, 0) is 9.47 Å². The van der Waals surface area contributed by atoms with Gasteiger partial charge in [0.05, 0.1) is 0 Å². The van der Waals surface area contributed by atoms with Gasteiger partial charge in [-0.2, -0.15) is 0 Å². The Labute approximate surface area is 169 Å². The Morgan fingerprint density at radius 2 is 1.54 bits per heavy atom. The second-order valence-electron chi connectivity index (χ2n) is 9.72. The van der Waals surface area contributed by atoms with E-state index in [-0.39, 0.29) is 23.2 Å². The lowest BCUT2D eigenvalue weighted by molar-refractivity contribution is -0.0914. The van der Waals surface area contributed by atoms with E-state index >= 15 is 0 Å². The third-order valence-corrected chi connectivity index (χ3v) is 5.27. The minimum atomic E-state index is -0.680. The summed E-state index contributed by atoms with van der Waals surface area (Å²) in [5.41, 5.74) is 10.1. The molecule has 2 rings (SSSR count). The van der Waals surface area contributed by atoms with Gasteiger partial charge in [-0.05, 0) is 46.5 Å². The van der Waals surface area contributed by atoms with E-state index in [1.807, 2.05) is 20.8 Å². The highest BCUT2D eigenvalue weighted by molar-refractivity contribution is 5.68. The molecule has 2 fully saturated rings. The van der Waals surface area contributed by atoms with Gasteiger partial charge in [-0.1, -0.05) is 20.8 Å². The second-order valence-corrected chi connectivity index (χ2v) is 9.72. The lowest BCUT2D eigenvalue weighted by atomic mass is 9.67. The first-order valence-corrected chi connectivity index (χ1v) is 10.2. The molecule has 0 bridgehead atoms. The zero-order valence-corrected chi connectivity index (χ0v) is 18.5. The maximum Gasteiger partial charge on any atom is 0.410 e. The van der Waals surface area contributed by atoms with Gasteiger partial charge >= 0.3 is 12.2 Å². The standard InChI is InChI=1S/C11H22N2O2.C9H18N2O2/c1-10(2,3)11(15-9(13)14)6-4-8(12)5-7-11;1-9(2,3)13-8(12)11-6-4-10-5-7-11/h8H,4-7,12H2,1-3H3,(H2,13,14);10H,4-7H2,1-3H3. The first-order chi connectivity index (χ1) is 12.8. The highest BCUT2D eigenvalue weighted by Crippen LogP contribution is 2.44. The van der Waals surface area contributed by atoms with Crippen molar-refractivity contribution in [3.8, 4) is 0 Å². The summed E-state index contributed by atoms with van der Waals surface area (Å²) in [4.78, 5) is 24.2. The minimum absolute atomic E-state index is 0.0951. The fraction of sp³-hybridized carbons (Fsp3) is 0.900. The van der Waals surface area contributed by atoms with Crippen LogP contribution in [0.15, 0.2) is 0 Å². The predicted octanol–water partition coefficient (Wildman–Crippen LogP) is 2.59. The molecular formula is C20H40N4O4. The summed E-state index contributed by atoms with van der Waals surface area (Å²) in [7, 11) is 0. The molecule has 0 spiro atoms. The van der Waals surface area contributed by atoms with E-state index in [1.165, 1.54) is 0 Å². The molecule has 0 unspecified atom stereocenters. The second kappa shape index (κ2) is 9.78. The molecule has 0 aromatic rings. The number of rotatable bonds is 1. The van der Waals surface area contributed by atoms with Crippen LogP contribution in [0.5, 0.6) is 0 Å². The molecule has 8 nitrogen and oxygen atoms in total. The third kappa shape index (κ3) is 7.83. The van der Waals surface area contributed by atoms with Crippen LogP contribution in [0.3, 0.4) is 0 Å². The van der Waals surface area contributed by atoms with Gasteiger partial charge in [-0.15, -0.1) is 0 Å². The van der Waals surface area contributed by atoms with E-state index in [0.29, 0.717) is 0 Å². The van der Waals surface area contributed by atoms with Crippen molar-refractivity contribution in [2.24, 2.45) is 16.9 Å². The number of hydrogen-bond acceptors (Lipinski definition) is 6. The van der Waals surface area contributed by atoms with Crippen LogP contribution in [0.25, 0.3) is 0 Å². The van der Waals surface area contributed by atoms with E-state index < -0.39 is 11.7 Å². The van der Waals surface area contributed by atoms with Crippen molar-refractivity contribution in [3.63, 3.8) is 0 Å². The molecule has 1 aliphatic heterocycles. The van der Waals surface area contributed by atoms with Gasteiger partial charge in [-0.3, -0.25) is 0 Å². The number of hydrogen-bond donors (Lipinski definition) is 3. The lowest BCUT2D eigenvalue weighted by Crippen LogP contribution is -2.52. The van der Waals surface area contributed by atoms with Gasteiger partial charge in [0.2, 0.25) is 0 Å². The van der Waals surface area contributed by atoms with Crippen LogP contribution in [-0.4, -0.2) is 60.5 Å². The van der Waals surface area contributed by atoms with Crippen LogP contribution in [0.2, 0.25) is 0 Å². The fourth-order valence-corrected chi connectivity index (χ4v) is 3.48. The van der Waals surface area contributed by atoms with Crippen molar-refractivity contribution in [2.45, 2.75) is 84.5 Å². The Morgan fingerprint density at radius 3 is 1.93 bits per heavy atom. The quantitative estimate of drug-likeness (QED) is 0.622. The largest absolute Gasteiger partial charge is 0.444 e. The molecule has 5 N–H and O–H groups in total. The van der Waals surface area contributed by atoms with Crippen LogP contribution in [0, 0.1) is 5.41 Å². The van der Waals surface area contributed by atoms with Gasteiger partial charge in [0.1, 0.15) is 11.2 Å². The molecule has 1 heterocycles. The highest BCUT2D eigenvalue weighted by atomic mass is 16.6. The fourth-order valence-electron chi connectivity index (χ4n) is 3.48. The van der Waals surface area contributed by atoms with E-state index in [1.54, 1.807) is 4.90 Å². The Bertz CT molecular complexity index is 511. The van der Waals surface area contributed by atoms with Crippen molar-refractivity contribution < 1.29 is 19.1 Å². The maximum atomic E-state index is 11.5. The van der Waals surface area contributed by atoms with Gasteiger partial charge in [0.25, 0.3) is 0 Å². The average molecular weight is 401 g/mol. The van der Waals surface area contributed by atoms with Gasteiger partial charge in [-0.25, -0.2) is 9.59 Å². The first kappa shape index (κ1) is 24.5. The van der Waals surface area contributed by atoms with E-state index in [9.17, 15) is 9.59 Å². The highest BCUT2D eigenvalue weighted by Gasteiger charge is 2.47. The number of nitrogens with two attached hydrogens (primary N) is 2. The Kier molecular flexibility index (Phi) is 8.56. The number of primary amides is 1. The molecule has 1 saturated carbocycles. The molecule has 2 aliphatic rings. The summed E-state index contributed by atoms with van der Waals surface area (Å²) < 4.78 is 10.6. The van der Waals surface area contributed by atoms with Crippen molar-refractivity contribution in [1.29, 1.82) is 0 Å². The molecule has 0 aromatic heterocycles. The average Bonchev–Trinajstić information content (AvgIpc) is 2.55. The number of carbonyl (C=O) groups is 2.